The van der Waals surface area contributed by atoms with Crippen LogP contribution in [-0.4, -0.2) is 82.3 Å². The van der Waals surface area contributed by atoms with Crippen molar-refractivity contribution in [1.29, 1.82) is 0 Å². The van der Waals surface area contributed by atoms with Crippen molar-refractivity contribution in [3.8, 4) is 0 Å². The Kier molecular flexibility index (Phi) is 67.4. The summed E-state index contributed by atoms with van der Waals surface area (Å²) in [5, 5.41) is 11.8. The second-order valence-corrected chi connectivity index (χ2v) is 24.8. The lowest BCUT2D eigenvalue weighted by atomic mass is 10.0. The number of carbonyl (C=O) groups excluding carboxylic acids is 3. The smallest absolute Gasteiger partial charge is 0.306 e. The Labute approximate surface area is 570 Å². The number of ether oxygens (including phenoxy) is 4. The third-order valence-electron chi connectivity index (χ3n) is 14.8. The monoisotopic (exact) mass is 1280 g/mol. The fourth-order valence-electron chi connectivity index (χ4n) is 9.33. The summed E-state index contributed by atoms with van der Waals surface area (Å²) in [6, 6.07) is 0. The predicted molar refractivity (Wildman–Crippen MR) is 397 cm³/mol. The minimum absolute atomic E-state index is 0.135. The van der Waals surface area contributed by atoms with E-state index in [2.05, 4.69) is 208 Å². The van der Waals surface area contributed by atoms with E-state index in [0.29, 0.717) is 17.4 Å². The number of aliphatic carboxylic acids is 1. The molecular weight excluding hydrogens is 1150 g/mol. The number of carbonyl (C=O) groups is 3. The number of quaternary nitrogens is 1. The van der Waals surface area contributed by atoms with E-state index in [-0.39, 0.29) is 38.6 Å². The van der Waals surface area contributed by atoms with Gasteiger partial charge in [-0.15, -0.1) is 0 Å². The third kappa shape index (κ3) is 73.4. The molecule has 0 aliphatic heterocycles. The summed E-state index contributed by atoms with van der Waals surface area (Å²) >= 11 is 0. The van der Waals surface area contributed by atoms with E-state index < -0.39 is 24.3 Å². The van der Waals surface area contributed by atoms with Crippen LogP contribution in [0.3, 0.4) is 0 Å². The van der Waals surface area contributed by atoms with E-state index in [1.807, 2.05) is 21.1 Å². The van der Waals surface area contributed by atoms with Gasteiger partial charge in [0.15, 0.2) is 12.4 Å². The summed E-state index contributed by atoms with van der Waals surface area (Å²) in [4.78, 5) is 37.6. The van der Waals surface area contributed by atoms with Crippen molar-refractivity contribution in [3.63, 3.8) is 0 Å². The third-order valence-corrected chi connectivity index (χ3v) is 14.8. The molecule has 522 valence electrons. The Morgan fingerprint density at radius 2 is 0.581 bits per heavy atom. The standard InChI is InChI=1S/C84H133NO8/c1-6-8-10-12-14-16-18-20-22-24-26-28-30-32-34-36-38-40-41-43-45-47-49-51-53-55-57-59-61-63-65-67-69-71-73-75-82(87)93-80(79-92-84(83(88)89)90-77-76-85(3,4)5)78-91-81(86)74-72-70-68-66-64-62-60-58-56-54-52-50-48-46-44-42-39-37-35-33-31-29-27-25-23-21-19-17-15-13-11-9-7-2/h8-11,14-17,20-23,26-29,32-35,38-40,42-43,45-46,48-49,51-52,54,80,84H,6-7,12-13,18-19,24-25,30-31,36-37,41,44,47,50,53,55-79H2,1-5H3/b10-8-,11-9-,16-14-,17-15-,22-20-,23-21-,28-26-,29-27-,34-32-,35-33-,40-38-,42-39-,45-43-,48-46-,51-49-,54-52-. The van der Waals surface area contributed by atoms with Crippen LogP contribution in [0.25, 0.3) is 0 Å². The zero-order valence-corrected chi connectivity index (χ0v) is 59.5. The molecular formula is C84H133NO8. The molecule has 0 aliphatic rings. The molecule has 0 aromatic rings. The zero-order valence-electron chi connectivity index (χ0n) is 59.5. The number of rotatable bonds is 65. The van der Waals surface area contributed by atoms with Crippen LogP contribution in [0.4, 0.5) is 0 Å². The van der Waals surface area contributed by atoms with E-state index in [0.717, 1.165) is 161 Å². The van der Waals surface area contributed by atoms with E-state index in [9.17, 15) is 19.5 Å². The Hall–Kier alpha value is -5.87. The molecule has 93 heavy (non-hydrogen) atoms. The van der Waals surface area contributed by atoms with Crippen LogP contribution in [0, 0.1) is 0 Å². The van der Waals surface area contributed by atoms with Gasteiger partial charge in [0, 0.05) is 12.8 Å². The summed E-state index contributed by atoms with van der Waals surface area (Å²) < 4.78 is 22.8. The molecule has 0 saturated heterocycles. The average Bonchev–Trinajstić information content (AvgIpc) is 3.74. The number of hydrogen-bond donors (Lipinski definition) is 0. The topological polar surface area (TPSA) is 111 Å². The van der Waals surface area contributed by atoms with Gasteiger partial charge in [-0.2, -0.15) is 0 Å². The van der Waals surface area contributed by atoms with Crippen molar-refractivity contribution in [1.82, 2.24) is 0 Å². The molecule has 0 N–H and O–H groups in total. The van der Waals surface area contributed by atoms with Gasteiger partial charge in [0.2, 0.25) is 0 Å². The molecule has 0 aromatic heterocycles. The lowest BCUT2D eigenvalue weighted by molar-refractivity contribution is -0.870. The van der Waals surface area contributed by atoms with Crippen LogP contribution in [0.15, 0.2) is 194 Å². The number of carboxylic acid groups (broad SMARTS) is 1. The Balaban J connectivity index is 4.21. The minimum Gasteiger partial charge on any atom is -0.545 e. The molecule has 0 saturated carbocycles. The summed E-state index contributed by atoms with van der Waals surface area (Å²) in [5.74, 6) is -2.32. The molecule has 0 aromatic carbocycles. The first-order chi connectivity index (χ1) is 45.6. The van der Waals surface area contributed by atoms with Gasteiger partial charge in [-0.05, 0) is 141 Å². The first-order valence-corrected chi connectivity index (χ1v) is 36.6. The van der Waals surface area contributed by atoms with Crippen molar-refractivity contribution in [2.45, 2.75) is 270 Å². The SMILES string of the molecule is CC/C=C\C/C=C\C/C=C\C/C=C\C/C=C\C/C=C\C/C=C\C/C=C\CCCCCCCCCCCCC(=O)OC(COC(=O)CCCCCCCCCC/C=C\C/C=C\C/C=C\C/C=C\C/C=C\C/C=C\C/C=C\C/C=C\CC)COC(OCC[N+](C)(C)C)C(=O)[O-]. The van der Waals surface area contributed by atoms with Gasteiger partial charge in [-0.25, -0.2) is 0 Å². The Morgan fingerprint density at radius 1 is 0.323 bits per heavy atom. The van der Waals surface area contributed by atoms with Crippen LogP contribution in [0.2, 0.25) is 0 Å². The fraction of sp³-hybridized carbons (Fsp3) is 0.583. The lowest BCUT2D eigenvalue weighted by Crippen LogP contribution is -2.44. The van der Waals surface area contributed by atoms with Crippen LogP contribution in [0.5, 0.6) is 0 Å². The number of likely N-dealkylation sites (N-methyl/N-ethyl adjacent to an activating group) is 1. The van der Waals surface area contributed by atoms with Gasteiger partial charge in [0.05, 0.1) is 40.3 Å². The largest absolute Gasteiger partial charge is 0.545 e. The fourth-order valence-corrected chi connectivity index (χ4v) is 9.33. The minimum atomic E-state index is -1.64. The Morgan fingerprint density at radius 3 is 0.860 bits per heavy atom. The molecule has 2 atom stereocenters. The highest BCUT2D eigenvalue weighted by Gasteiger charge is 2.22. The number of unbranched alkanes of at least 4 members (excludes halogenated alkanes) is 18. The molecule has 0 radical (unpaired) electrons. The second-order valence-electron chi connectivity index (χ2n) is 24.8. The highest BCUT2D eigenvalue weighted by Crippen LogP contribution is 2.15. The van der Waals surface area contributed by atoms with Crippen molar-refractivity contribution < 1.29 is 42.9 Å². The van der Waals surface area contributed by atoms with Gasteiger partial charge >= 0.3 is 11.9 Å². The molecule has 0 amide bonds. The molecule has 9 heteroatoms. The number of nitrogens with zero attached hydrogens (tertiary/aromatic N) is 1. The van der Waals surface area contributed by atoms with Crippen molar-refractivity contribution >= 4 is 17.9 Å². The van der Waals surface area contributed by atoms with E-state index >= 15 is 0 Å². The molecule has 0 rings (SSSR count). The molecule has 0 spiro atoms. The van der Waals surface area contributed by atoms with Gasteiger partial charge in [-0.1, -0.05) is 298 Å². The summed E-state index contributed by atoms with van der Waals surface area (Å²) in [5.41, 5.74) is 0. The van der Waals surface area contributed by atoms with E-state index in [1.165, 1.54) is 64.2 Å². The average molecular weight is 1280 g/mol. The molecule has 9 nitrogen and oxygen atoms in total. The predicted octanol–water partition coefficient (Wildman–Crippen LogP) is 22.0. The summed E-state index contributed by atoms with van der Waals surface area (Å²) in [6.45, 7) is 4.49. The first kappa shape index (κ1) is 87.1. The van der Waals surface area contributed by atoms with E-state index in [4.69, 9.17) is 18.9 Å². The summed E-state index contributed by atoms with van der Waals surface area (Å²) in [7, 11) is 5.91. The number of allylic oxidation sites excluding steroid dienone is 32. The van der Waals surface area contributed by atoms with Gasteiger partial charge < -0.3 is 33.3 Å². The number of hydrogen-bond acceptors (Lipinski definition) is 8. The maximum Gasteiger partial charge on any atom is 0.306 e. The van der Waals surface area contributed by atoms with E-state index in [1.54, 1.807) is 0 Å². The highest BCUT2D eigenvalue weighted by atomic mass is 16.7. The summed E-state index contributed by atoms with van der Waals surface area (Å²) in [6.07, 6.45) is 108. The maximum absolute atomic E-state index is 13.0. The molecule has 0 heterocycles. The van der Waals surface area contributed by atoms with Gasteiger partial charge in [0.1, 0.15) is 13.2 Å². The molecule has 0 bridgehead atoms. The lowest BCUT2D eigenvalue weighted by Gasteiger charge is -2.26. The van der Waals surface area contributed by atoms with Crippen LogP contribution < -0.4 is 5.11 Å². The van der Waals surface area contributed by atoms with Crippen molar-refractivity contribution in [3.05, 3.63) is 194 Å². The van der Waals surface area contributed by atoms with Crippen LogP contribution in [0.1, 0.15) is 258 Å². The van der Waals surface area contributed by atoms with Crippen molar-refractivity contribution in [2.24, 2.45) is 0 Å². The second kappa shape index (κ2) is 72.0. The Bertz CT molecular complexity index is 2230. The molecule has 2 unspecified atom stereocenters. The zero-order chi connectivity index (χ0) is 67.5. The van der Waals surface area contributed by atoms with Gasteiger partial charge in [0.25, 0.3) is 0 Å². The first-order valence-electron chi connectivity index (χ1n) is 36.6. The number of carboxylic acids is 1. The van der Waals surface area contributed by atoms with Crippen LogP contribution >= 0.6 is 0 Å². The van der Waals surface area contributed by atoms with Crippen LogP contribution in [-0.2, 0) is 33.3 Å². The highest BCUT2D eigenvalue weighted by molar-refractivity contribution is 5.70. The maximum atomic E-state index is 13.0. The van der Waals surface area contributed by atoms with Crippen molar-refractivity contribution in [2.75, 3.05) is 47.5 Å². The number of esters is 2. The van der Waals surface area contributed by atoms with Gasteiger partial charge in [-0.3, -0.25) is 9.59 Å². The normalized spacial score (nSPS) is 13.9. The molecule has 0 fully saturated rings. The quantitative estimate of drug-likeness (QED) is 0.0195. The molecule has 0 aliphatic carbocycles.